The quantitative estimate of drug-likeness (QED) is 0.437. The van der Waals surface area contributed by atoms with Crippen molar-refractivity contribution in [2.45, 2.75) is 45.1 Å². The number of halogens is 3. The Hall–Kier alpha value is -3.37. The van der Waals surface area contributed by atoms with E-state index in [-0.39, 0.29) is 11.8 Å². The van der Waals surface area contributed by atoms with E-state index in [0.717, 1.165) is 17.6 Å². The maximum absolute atomic E-state index is 13.3. The molecule has 3 aromatic rings. The summed E-state index contributed by atoms with van der Waals surface area (Å²) >= 11 is 0. The second kappa shape index (κ2) is 9.26. The van der Waals surface area contributed by atoms with Crippen molar-refractivity contribution in [2.24, 2.45) is 0 Å². The van der Waals surface area contributed by atoms with E-state index >= 15 is 0 Å². The Bertz CT molecular complexity index is 1230. The highest BCUT2D eigenvalue weighted by molar-refractivity contribution is 6.64. The van der Waals surface area contributed by atoms with Gasteiger partial charge in [0.15, 0.2) is 0 Å². The van der Waals surface area contributed by atoms with Crippen LogP contribution in [0.4, 0.5) is 18.9 Å². The molecule has 10 heteroatoms. The Morgan fingerprint density at radius 3 is 2.11 bits per heavy atom. The van der Waals surface area contributed by atoms with Crippen molar-refractivity contribution in [1.29, 1.82) is 0 Å². The Balaban J connectivity index is 1.49. The minimum absolute atomic E-state index is 0.00975. The van der Waals surface area contributed by atoms with Crippen LogP contribution in [0.5, 0.6) is 11.6 Å². The molecule has 2 heterocycles. The molecule has 1 aromatic heterocycles. The summed E-state index contributed by atoms with van der Waals surface area (Å²) in [5.41, 5.74) is -0.125. The third-order valence-corrected chi connectivity index (χ3v) is 6.50. The van der Waals surface area contributed by atoms with E-state index in [1.54, 1.807) is 31.3 Å². The number of ether oxygens (including phenoxy) is 1. The largest absolute Gasteiger partial charge is 0.496 e. The lowest BCUT2D eigenvalue weighted by Gasteiger charge is -2.32. The van der Waals surface area contributed by atoms with Crippen LogP contribution in [-0.2, 0) is 15.5 Å². The molecule has 1 fully saturated rings. The number of benzene rings is 2. The zero-order valence-electron chi connectivity index (χ0n) is 20.6. The third-order valence-electron chi connectivity index (χ3n) is 6.50. The molecule has 188 valence electrons. The second-order valence-electron chi connectivity index (χ2n) is 9.52. The van der Waals surface area contributed by atoms with E-state index in [1.165, 1.54) is 4.90 Å². The van der Waals surface area contributed by atoms with Crippen molar-refractivity contribution >= 4 is 24.2 Å². The van der Waals surface area contributed by atoms with Gasteiger partial charge in [-0.3, -0.25) is 4.79 Å². The van der Waals surface area contributed by atoms with E-state index in [9.17, 15) is 18.0 Å². The highest BCUT2D eigenvalue weighted by Gasteiger charge is 2.52. The summed E-state index contributed by atoms with van der Waals surface area (Å²) in [5, 5.41) is 0. The molecule has 2 aromatic carbocycles. The van der Waals surface area contributed by atoms with E-state index in [1.807, 2.05) is 52.0 Å². The zero-order chi connectivity index (χ0) is 26.3. The van der Waals surface area contributed by atoms with Crippen LogP contribution >= 0.6 is 0 Å². The average molecular weight is 498 g/mol. The minimum Gasteiger partial charge on any atom is -0.439 e. The van der Waals surface area contributed by atoms with Crippen molar-refractivity contribution in [3.8, 4) is 11.6 Å². The molecule has 36 heavy (non-hydrogen) atoms. The summed E-state index contributed by atoms with van der Waals surface area (Å²) in [5.74, 6) is 0.0767. The second-order valence-corrected chi connectivity index (χ2v) is 9.52. The number of anilines is 1. The van der Waals surface area contributed by atoms with Crippen LogP contribution in [-0.4, -0.2) is 36.3 Å². The number of hydrogen-bond acceptors (Lipinski definition) is 5. The van der Waals surface area contributed by atoms with Crippen LogP contribution in [0.1, 0.15) is 43.6 Å². The maximum atomic E-state index is 13.3. The Labute approximate surface area is 208 Å². The number of pyridine rings is 1. The number of carbonyl (C=O) groups excluding carboxylic acids is 1. The van der Waals surface area contributed by atoms with Crippen LogP contribution in [0.25, 0.3) is 0 Å². The van der Waals surface area contributed by atoms with Gasteiger partial charge in [-0.2, -0.15) is 13.2 Å². The van der Waals surface area contributed by atoms with Crippen molar-refractivity contribution in [3.63, 3.8) is 0 Å². The highest BCUT2D eigenvalue weighted by Crippen LogP contribution is 2.37. The van der Waals surface area contributed by atoms with Gasteiger partial charge in [-0.05, 0) is 64.1 Å². The Morgan fingerprint density at radius 1 is 0.944 bits per heavy atom. The van der Waals surface area contributed by atoms with Crippen LogP contribution in [0.2, 0.25) is 0 Å². The standard InChI is InChI=1S/C26H26BF3N2O4/c1-24(2)25(3,4)36-27(35-24)20-8-6-7-9-21(20)32(5)23(33)17-10-13-19(14-11-17)34-22-15-12-18(16-31-22)26(28,29)30/h6-16H,1-5H3. The molecule has 6 nitrogen and oxygen atoms in total. The lowest BCUT2D eigenvalue weighted by molar-refractivity contribution is -0.137. The first-order valence-electron chi connectivity index (χ1n) is 11.3. The molecule has 0 spiro atoms. The molecular weight excluding hydrogens is 472 g/mol. The van der Waals surface area contributed by atoms with E-state index in [2.05, 4.69) is 4.98 Å². The third kappa shape index (κ3) is 5.10. The molecule has 0 aliphatic carbocycles. The topological polar surface area (TPSA) is 60.9 Å². The van der Waals surface area contributed by atoms with Gasteiger partial charge in [0.25, 0.3) is 5.91 Å². The molecule has 1 aliphatic heterocycles. The summed E-state index contributed by atoms with van der Waals surface area (Å²) < 4.78 is 56.0. The van der Waals surface area contributed by atoms with Gasteiger partial charge in [0.1, 0.15) is 5.75 Å². The summed E-state index contributed by atoms with van der Waals surface area (Å²) in [7, 11) is 1.04. The van der Waals surface area contributed by atoms with Crippen LogP contribution in [0.3, 0.4) is 0 Å². The van der Waals surface area contributed by atoms with Crippen molar-refractivity contribution < 1.29 is 32.0 Å². The smallest absolute Gasteiger partial charge is 0.439 e. The predicted octanol–water partition coefficient (Wildman–Crippen LogP) is 5.47. The van der Waals surface area contributed by atoms with Gasteiger partial charge in [-0.25, -0.2) is 4.98 Å². The lowest BCUT2D eigenvalue weighted by atomic mass is 9.77. The summed E-state index contributed by atoms with van der Waals surface area (Å²) in [6, 6.07) is 15.7. The van der Waals surface area contributed by atoms with Gasteiger partial charge in [0.05, 0.1) is 16.8 Å². The summed E-state index contributed by atoms with van der Waals surface area (Å²) in [6.07, 6.45) is -3.76. The first-order chi connectivity index (χ1) is 16.8. The molecule has 4 rings (SSSR count). The normalized spacial score (nSPS) is 16.6. The fourth-order valence-corrected chi connectivity index (χ4v) is 3.66. The number of rotatable bonds is 5. The fraction of sp³-hybridized carbons (Fsp3) is 0.308. The number of hydrogen-bond donors (Lipinski definition) is 0. The van der Waals surface area contributed by atoms with E-state index < -0.39 is 30.1 Å². The molecule has 0 atom stereocenters. The minimum atomic E-state index is -4.47. The van der Waals surface area contributed by atoms with Crippen LogP contribution in [0.15, 0.2) is 66.9 Å². The molecule has 0 unspecified atom stereocenters. The van der Waals surface area contributed by atoms with Crippen LogP contribution < -0.4 is 15.1 Å². The van der Waals surface area contributed by atoms with Gasteiger partial charge in [0.2, 0.25) is 5.88 Å². The van der Waals surface area contributed by atoms with Gasteiger partial charge < -0.3 is 18.9 Å². The average Bonchev–Trinajstić information content (AvgIpc) is 3.05. The number of carbonyl (C=O) groups is 1. The molecular formula is C26H26BF3N2O4. The summed E-state index contributed by atoms with van der Waals surface area (Å²) in [6.45, 7) is 7.87. The molecule has 1 amide bonds. The SMILES string of the molecule is CN(C(=O)c1ccc(Oc2ccc(C(F)(F)F)cn2)cc1)c1ccccc1B1OC(C)(C)C(C)(C)O1. The first-order valence-corrected chi connectivity index (χ1v) is 11.3. The van der Waals surface area contributed by atoms with E-state index in [0.29, 0.717) is 23.2 Å². The van der Waals surface area contributed by atoms with Gasteiger partial charge in [-0.15, -0.1) is 0 Å². The number of amides is 1. The number of nitrogens with zero attached hydrogens (tertiary/aromatic N) is 2. The molecule has 1 aliphatic rings. The van der Waals surface area contributed by atoms with Gasteiger partial charge in [-0.1, -0.05) is 18.2 Å². The lowest BCUT2D eigenvalue weighted by Crippen LogP contribution is -2.41. The number of para-hydroxylation sites is 1. The fourth-order valence-electron chi connectivity index (χ4n) is 3.66. The van der Waals surface area contributed by atoms with Gasteiger partial charge in [0, 0.05) is 36.0 Å². The van der Waals surface area contributed by atoms with Crippen molar-refractivity contribution in [1.82, 2.24) is 4.98 Å². The summed E-state index contributed by atoms with van der Waals surface area (Å²) in [4.78, 5) is 18.5. The van der Waals surface area contributed by atoms with Crippen LogP contribution in [0, 0.1) is 0 Å². The van der Waals surface area contributed by atoms with Gasteiger partial charge >= 0.3 is 13.3 Å². The molecule has 0 radical (unpaired) electrons. The zero-order valence-corrected chi connectivity index (χ0v) is 20.6. The Kier molecular flexibility index (Phi) is 6.61. The molecule has 0 bridgehead atoms. The molecule has 0 N–H and O–H groups in total. The van der Waals surface area contributed by atoms with E-state index in [4.69, 9.17) is 14.0 Å². The maximum Gasteiger partial charge on any atom is 0.496 e. The first kappa shape index (κ1) is 25.7. The molecule has 0 saturated carbocycles. The number of aromatic nitrogens is 1. The van der Waals surface area contributed by atoms with Crippen molar-refractivity contribution in [2.75, 3.05) is 11.9 Å². The molecule has 1 saturated heterocycles. The predicted molar refractivity (Wildman–Crippen MR) is 131 cm³/mol. The van der Waals surface area contributed by atoms with Crippen molar-refractivity contribution in [3.05, 3.63) is 78.0 Å². The Morgan fingerprint density at radius 2 is 1.56 bits per heavy atom. The monoisotopic (exact) mass is 498 g/mol. The number of alkyl halides is 3. The highest BCUT2D eigenvalue weighted by atomic mass is 19.4.